The van der Waals surface area contributed by atoms with Gasteiger partial charge in [-0.15, -0.1) is 0 Å². The molecule has 9 heteroatoms. The quantitative estimate of drug-likeness (QED) is 0.336. The summed E-state index contributed by atoms with van der Waals surface area (Å²) >= 11 is 0. The van der Waals surface area contributed by atoms with E-state index in [9.17, 15) is 13.6 Å². The molecule has 1 unspecified atom stereocenters. The van der Waals surface area contributed by atoms with Gasteiger partial charge in [0.2, 0.25) is 0 Å². The Balaban J connectivity index is 1.23. The first-order valence-electron chi connectivity index (χ1n) is 14.9. The fourth-order valence-corrected chi connectivity index (χ4v) is 7.26. The lowest BCUT2D eigenvalue weighted by Crippen LogP contribution is -2.57. The number of rotatable bonds is 5. The molecule has 1 aromatic heterocycles. The minimum Gasteiger partial charge on any atom is -0.340 e. The topological polar surface area (TPSA) is 74.5 Å². The summed E-state index contributed by atoms with van der Waals surface area (Å²) in [7, 11) is 0. The molecule has 2 aromatic carbocycles. The number of anilines is 1. The summed E-state index contributed by atoms with van der Waals surface area (Å²) in [6.07, 6.45) is 4.21. The maximum atomic E-state index is 14.1. The minimum absolute atomic E-state index is 0.188. The normalized spacial score (nSPS) is 27.5. The van der Waals surface area contributed by atoms with Crippen LogP contribution in [-0.2, 0) is 13.0 Å². The number of piperazine rings is 1. The highest BCUT2D eigenvalue weighted by molar-refractivity contribution is 5.96. The van der Waals surface area contributed by atoms with Crippen molar-refractivity contribution in [2.45, 2.75) is 65.6 Å². The van der Waals surface area contributed by atoms with Crippen molar-refractivity contribution in [2.75, 3.05) is 25.0 Å². The summed E-state index contributed by atoms with van der Waals surface area (Å²) in [6.45, 7) is 12.3. The van der Waals surface area contributed by atoms with Crippen LogP contribution >= 0.6 is 0 Å². The molecular formula is C32H40F2N6O. The fraction of sp³-hybridized carbons (Fsp3) is 0.531. The monoisotopic (exact) mass is 562 g/mol. The van der Waals surface area contributed by atoms with E-state index >= 15 is 0 Å². The highest BCUT2D eigenvalue weighted by Gasteiger charge is 2.56. The molecular weight excluding hydrogens is 522 g/mol. The van der Waals surface area contributed by atoms with Crippen molar-refractivity contribution in [3.8, 4) is 0 Å². The Bertz CT molecular complexity index is 1530. The lowest BCUT2D eigenvalue weighted by Gasteiger charge is -2.61. The molecule has 5 atom stereocenters. The number of hydrogen-bond acceptors (Lipinski definition) is 4. The van der Waals surface area contributed by atoms with Gasteiger partial charge in [0.15, 0.2) is 5.96 Å². The standard InChI is InChI=1S/C32H40F2N6O/c1-19-17-39(12-10-35-19)31(38-28-14-22-13-26(20(28)2)32(22,3)4)37-24-7-8-25-29(16-24)36-18-40(30(25)41)11-9-21-5-6-23(33)15-27(21)34/h5-8,15-16,18-20,22,26,28,35H,9-14,17H2,1-4H3,(H,37,38)/t19-,20-,22-,26+,28?/m0/s1. The van der Waals surface area contributed by atoms with Crippen molar-refractivity contribution in [3.05, 3.63) is 70.3 Å². The van der Waals surface area contributed by atoms with Crippen LogP contribution in [-0.4, -0.2) is 52.1 Å². The number of aryl methyl sites for hydroxylation is 2. The van der Waals surface area contributed by atoms with E-state index in [0.29, 0.717) is 39.8 Å². The van der Waals surface area contributed by atoms with Crippen LogP contribution in [0.2, 0.25) is 0 Å². The van der Waals surface area contributed by atoms with E-state index in [1.54, 1.807) is 6.07 Å². The van der Waals surface area contributed by atoms with Gasteiger partial charge in [0, 0.05) is 44.0 Å². The minimum atomic E-state index is -0.617. The average molecular weight is 563 g/mol. The first-order valence-corrected chi connectivity index (χ1v) is 14.9. The Labute approximate surface area is 240 Å². The molecule has 2 heterocycles. The Morgan fingerprint density at radius 2 is 2.00 bits per heavy atom. The smallest absolute Gasteiger partial charge is 0.261 e. The van der Waals surface area contributed by atoms with Crippen LogP contribution < -0.4 is 16.2 Å². The number of nitrogens with zero attached hydrogens (tertiary/aromatic N) is 4. The summed E-state index contributed by atoms with van der Waals surface area (Å²) in [4.78, 5) is 25.4. The molecule has 0 radical (unpaired) electrons. The molecule has 1 aliphatic heterocycles. The molecule has 4 aliphatic rings. The van der Waals surface area contributed by atoms with Gasteiger partial charge >= 0.3 is 0 Å². The lowest BCUT2D eigenvalue weighted by molar-refractivity contribution is -0.108. The molecule has 218 valence electrons. The molecule has 2 N–H and O–H groups in total. The van der Waals surface area contributed by atoms with E-state index in [2.05, 4.69) is 48.2 Å². The molecule has 1 saturated heterocycles. The summed E-state index contributed by atoms with van der Waals surface area (Å²) in [5.41, 5.74) is 2.01. The Morgan fingerprint density at radius 3 is 2.73 bits per heavy atom. The second-order valence-electron chi connectivity index (χ2n) is 12.9. The van der Waals surface area contributed by atoms with Crippen LogP contribution in [0.4, 0.5) is 14.5 Å². The van der Waals surface area contributed by atoms with Crippen molar-refractivity contribution in [3.63, 3.8) is 0 Å². The molecule has 7 rings (SSSR count). The van der Waals surface area contributed by atoms with Gasteiger partial charge < -0.3 is 15.5 Å². The molecule has 4 fully saturated rings. The maximum absolute atomic E-state index is 14.1. The number of halogens is 2. The van der Waals surface area contributed by atoms with E-state index in [0.717, 1.165) is 49.7 Å². The van der Waals surface area contributed by atoms with E-state index < -0.39 is 11.6 Å². The summed E-state index contributed by atoms with van der Waals surface area (Å²) in [6, 6.07) is 9.75. The van der Waals surface area contributed by atoms with Gasteiger partial charge in [0.25, 0.3) is 5.56 Å². The highest BCUT2D eigenvalue weighted by Crippen LogP contribution is 2.61. The number of aliphatic imine (C=N–C) groups is 1. The van der Waals surface area contributed by atoms with Gasteiger partial charge in [0.1, 0.15) is 11.6 Å². The van der Waals surface area contributed by atoms with Gasteiger partial charge in [-0.25, -0.2) is 18.8 Å². The van der Waals surface area contributed by atoms with Crippen LogP contribution in [0, 0.1) is 34.8 Å². The van der Waals surface area contributed by atoms with Crippen LogP contribution in [0.15, 0.2) is 52.5 Å². The molecule has 0 amide bonds. The number of nitrogens with one attached hydrogen (secondary N) is 2. The fourth-order valence-electron chi connectivity index (χ4n) is 7.26. The Hall–Kier alpha value is -3.33. The van der Waals surface area contributed by atoms with Crippen LogP contribution in [0.3, 0.4) is 0 Å². The zero-order valence-electron chi connectivity index (χ0n) is 24.3. The molecule has 2 bridgehead atoms. The van der Waals surface area contributed by atoms with Crippen LogP contribution in [0.1, 0.15) is 46.1 Å². The second-order valence-corrected chi connectivity index (χ2v) is 12.9. The Morgan fingerprint density at radius 1 is 1.17 bits per heavy atom. The average Bonchev–Trinajstić information content (AvgIpc) is 2.94. The van der Waals surface area contributed by atoms with Crippen molar-refractivity contribution in [1.82, 2.24) is 19.8 Å². The van der Waals surface area contributed by atoms with Crippen LogP contribution in [0.5, 0.6) is 0 Å². The van der Waals surface area contributed by atoms with Crippen molar-refractivity contribution >= 4 is 22.5 Å². The number of benzene rings is 2. The molecule has 0 spiro atoms. The summed E-state index contributed by atoms with van der Waals surface area (Å²) in [5.74, 6) is 1.64. The van der Waals surface area contributed by atoms with E-state index in [4.69, 9.17) is 4.99 Å². The van der Waals surface area contributed by atoms with E-state index in [1.807, 2.05) is 12.1 Å². The number of guanidine groups is 1. The zero-order valence-corrected chi connectivity index (χ0v) is 24.3. The first kappa shape index (κ1) is 27.8. The Kier molecular flexibility index (Phi) is 7.34. The van der Waals surface area contributed by atoms with Gasteiger partial charge in [-0.05, 0) is 79.2 Å². The van der Waals surface area contributed by atoms with Gasteiger partial charge in [-0.3, -0.25) is 9.36 Å². The third-order valence-electron chi connectivity index (χ3n) is 9.99. The van der Waals surface area contributed by atoms with Crippen molar-refractivity contribution in [1.29, 1.82) is 0 Å². The molecule has 3 aliphatic carbocycles. The first-order chi connectivity index (χ1) is 19.6. The number of fused-ring (bicyclic) bond motifs is 3. The van der Waals surface area contributed by atoms with E-state index in [-0.39, 0.29) is 24.6 Å². The maximum Gasteiger partial charge on any atom is 0.261 e. The predicted molar refractivity (Wildman–Crippen MR) is 159 cm³/mol. The molecule has 7 nitrogen and oxygen atoms in total. The number of hydrogen-bond donors (Lipinski definition) is 2. The van der Waals surface area contributed by atoms with Crippen LogP contribution in [0.25, 0.3) is 10.9 Å². The molecule has 41 heavy (non-hydrogen) atoms. The summed E-state index contributed by atoms with van der Waals surface area (Å²) < 4.78 is 28.8. The van der Waals surface area contributed by atoms with Gasteiger partial charge in [-0.1, -0.05) is 26.8 Å². The zero-order chi connectivity index (χ0) is 28.9. The largest absolute Gasteiger partial charge is 0.340 e. The summed E-state index contributed by atoms with van der Waals surface area (Å²) in [5, 5.41) is 7.61. The van der Waals surface area contributed by atoms with Gasteiger partial charge in [0.05, 0.1) is 23.3 Å². The molecule has 3 saturated carbocycles. The van der Waals surface area contributed by atoms with Crippen molar-refractivity contribution < 1.29 is 8.78 Å². The SMILES string of the molecule is C[C@@H]1C(N=C(Nc2ccc3c(=O)n(CCc4ccc(F)cc4F)cnc3c2)N2CCN[C@@H](C)C2)C[C@@H]2C[C@H]1C2(C)C. The third kappa shape index (κ3) is 5.36. The van der Waals surface area contributed by atoms with E-state index in [1.165, 1.54) is 29.4 Å². The van der Waals surface area contributed by atoms with Gasteiger partial charge in [-0.2, -0.15) is 0 Å². The van der Waals surface area contributed by atoms with Crippen molar-refractivity contribution in [2.24, 2.45) is 28.2 Å². The second kappa shape index (κ2) is 10.8. The lowest BCUT2D eigenvalue weighted by atomic mass is 9.45. The third-order valence-corrected chi connectivity index (χ3v) is 9.99. The predicted octanol–water partition coefficient (Wildman–Crippen LogP) is 5.05. The number of aromatic nitrogens is 2. The highest BCUT2D eigenvalue weighted by atomic mass is 19.1. The molecule has 3 aromatic rings.